The van der Waals surface area contributed by atoms with Gasteiger partial charge in [0.15, 0.2) is 5.82 Å². The highest BCUT2D eigenvalue weighted by atomic mass is 35.5. The van der Waals surface area contributed by atoms with Gasteiger partial charge in [0.05, 0.1) is 51.8 Å². The number of halogens is 1. The molecule has 0 unspecified atom stereocenters. The Kier molecular flexibility index (Phi) is 14.1. The molecule has 12 nitrogen and oxygen atoms in total. The van der Waals surface area contributed by atoms with Crippen LogP contribution in [0, 0.1) is 20.8 Å². The van der Waals surface area contributed by atoms with Gasteiger partial charge in [-0.3, -0.25) is 19.1 Å². The number of aromatic nitrogens is 4. The summed E-state index contributed by atoms with van der Waals surface area (Å²) in [7, 11) is 0. The molecular weight excluding hydrogens is 770 g/mol. The third kappa shape index (κ3) is 9.74. The molecule has 2 aliphatic rings. The van der Waals surface area contributed by atoms with Crippen molar-refractivity contribution in [2.75, 3.05) is 58.0 Å². The molecule has 1 aliphatic heterocycles. The third-order valence-corrected chi connectivity index (χ3v) is 11.1. The number of nitrogens with zero attached hydrogens (tertiary/aromatic N) is 5. The Balaban J connectivity index is 0.00000532. The number of carbonyl (C=O) groups is 2. The summed E-state index contributed by atoms with van der Waals surface area (Å²) in [4.78, 5) is 35.7. The topological polar surface area (TPSA) is 142 Å². The molecule has 0 saturated heterocycles. The van der Waals surface area contributed by atoms with E-state index >= 15 is 0 Å². The summed E-state index contributed by atoms with van der Waals surface area (Å²) in [5, 5.41) is 16.8. The first-order valence-electron chi connectivity index (χ1n) is 18.4. The largest absolute Gasteiger partial charge is 0.377 e. The molecule has 0 saturated carbocycles. The number of benzene rings is 2. The second-order valence-corrected chi connectivity index (χ2v) is 15.2. The third-order valence-electron chi connectivity index (χ3n) is 9.68. The first-order valence-corrected chi connectivity index (χ1v) is 19.6. The summed E-state index contributed by atoms with van der Waals surface area (Å²) in [6, 6.07) is 17.3. The molecule has 0 bridgehead atoms. The molecular formula is C41H46ClN7O5S2. The van der Waals surface area contributed by atoms with Gasteiger partial charge in [0.2, 0.25) is 5.91 Å². The van der Waals surface area contributed by atoms with Crippen LogP contribution in [-0.2, 0) is 36.6 Å². The Morgan fingerprint density at radius 1 is 0.857 bits per heavy atom. The van der Waals surface area contributed by atoms with Crippen LogP contribution in [0.1, 0.15) is 56.8 Å². The molecule has 3 aromatic heterocycles. The number of ether oxygens (including phenoxy) is 3. The van der Waals surface area contributed by atoms with E-state index in [4.69, 9.17) is 30.8 Å². The molecule has 2 N–H and O–H groups in total. The van der Waals surface area contributed by atoms with Crippen molar-refractivity contribution in [2.24, 2.45) is 4.99 Å². The van der Waals surface area contributed by atoms with E-state index in [0.717, 1.165) is 61.3 Å². The highest BCUT2D eigenvalue weighted by Gasteiger charge is 2.32. The number of nitrogens with one attached hydrogen (secondary N) is 2. The molecule has 1 atom stereocenters. The molecule has 1 amide bonds. The Hall–Kier alpha value is -4.44. The number of rotatable bonds is 17. The molecule has 0 spiro atoms. The monoisotopic (exact) mass is 815 g/mol. The number of aliphatic imine (C=N–C) groups is 1. The van der Waals surface area contributed by atoms with Gasteiger partial charge in [-0.05, 0) is 72.9 Å². The average molecular weight is 816 g/mol. The van der Waals surface area contributed by atoms with Gasteiger partial charge in [-0.2, -0.15) is 13.5 Å². The maximum absolute atomic E-state index is 13.2. The van der Waals surface area contributed by atoms with Crippen LogP contribution in [0.3, 0.4) is 0 Å². The Morgan fingerprint density at radius 3 is 2.30 bits per heavy atom. The van der Waals surface area contributed by atoms with Crippen molar-refractivity contribution in [3.63, 3.8) is 0 Å². The maximum atomic E-state index is 13.2. The Morgan fingerprint density at radius 2 is 1.54 bits per heavy atom. The van der Waals surface area contributed by atoms with Crippen molar-refractivity contribution >= 4 is 59.7 Å². The zero-order valence-electron chi connectivity index (χ0n) is 31.7. The highest BCUT2D eigenvalue weighted by Crippen LogP contribution is 2.39. The van der Waals surface area contributed by atoms with Crippen LogP contribution in [0.4, 0.5) is 5.82 Å². The van der Waals surface area contributed by atoms with Crippen molar-refractivity contribution in [1.29, 1.82) is 0 Å². The first kappa shape index (κ1) is 41.2. The van der Waals surface area contributed by atoms with Gasteiger partial charge in [0.1, 0.15) is 28.5 Å². The maximum Gasteiger partial charge on any atom is 0.222 e. The number of hydrogen-bond donors (Lipinski definition) is 2. The highest BCUT2D eigenvalue weighted by molar-refractivity contribution is 7.59. The van der Waals surface area contributed by atoms with Crippen LogP contribution in [0.25, 0.3) is 16.1 Å². The fraction of sp³-hybridized carbons (Fsp3) is 0.366. The molecule has 1 aliphatic carbocycles. The smallest absolute Gasteiger partial charge is 0.222 e. The lowest BCUT2D eigenvalue weighted by atomic mass is 9.99. The van der Waals surface area contributed by atoms with Crippen LogP contribution >= 0.6 is 36.4 Å². The second kappa shape index (κ2) is 19.1. The van der Waals surface area contributed by atoms with Gasteiger partial charge >= 0.3 is 0 Å². The van der Waals surface area contributed by atoms with E-state index in [2.05, 4.69) is 57.9 Å². The number of ketones is 1. The SMILES string of the molecule is Cc1sc2c(c1C)C(c1ccc(Cl)cc1)=N[C@@H](CC(=O)NCCOCCOCCOCCNc1cc(-c3ccc4c(c3)CC(=O)C4)ccn1)c1nnc(C)n1-2.S. The van der Waals surface area contributed by atoms with Crippen LogP contribution in [0.5, 0.6) is 0 Å². The van der Waals surface area contributed by atoms with Gasteiger partial charge in [0, 0.05) is 53.2 Å². The van der Waals surface area contributed by atoms with Crippen LogP contribution < -0.4 is 10.6 Å². The van der Waals surface area contributed by atoms with Gasteiger partial charge in [-0.15, -0.1) is 21.5 Å². The average Bonchev–Trinajstić information content (AvgIpc) is 3.81. The van der Waals surface area contributed by atoms with Crippen molar-refractivity contribution in [2.45, 2.75) is 46.1 Å². The minimum Gasteiger partial charge on any atom is -0.377 e. The normalized spacial score (nSPS) is 14.3. The number of Topliss-reactive ketones (excluding diaryl/α,β-unsaturated/α-hetero) is 1. The number of hydrogen-bond acceptors (Lipinski definition) is 11. The lowest BCUT2D eigenvalue weighted by Crippen LogP contribution is -2.29. The van der Waals surface area contributed by atoms with E-state index in [1.807, 2.05) is 47.9 Å². The van der Waals surface area contributed by atoms with Crippen LogP contribution in [0.2, 0.25) is 5.02 Å². The summed E-state index contributed by atoms with van der Waals surface area (Å²) in [5.41, 5.74) is 8.29. The van der Waals surface area contributed by atoms with Crippen molar-refractivity contribution in [1.82, 2.24) is 25.1 Å². The van der Waals surface area contributed by atoms with Crippen molar-refractivity contribution in [3.05, 3.63) is 110 Å². The number of thiophene rings is 1. The minimum absolute atomic E-state index is 0. The lowest BCUT2D eigenvalue weighted by Gasteiger charge is -2.13. The van der Waals surface area contributed by atoms with Crippen LogP contribution in [-0.4, -0.2) is 89.9 Å². The fourth-order valence-electron chi connectivity index (χ4n) is 6.77. The fourth-order valence-corrected chi connectivity index (χ4v) is 8.11. The predicted molar refractivity (Wildman–Crippen MR) is 224 cm³/mol. The summed E-state index contributed by atoms with van der Waals surface area (Å²) >= 11 is 7.89. The van der Waals surface area contributed by atoms with Gasteiger partial charge < -0.3 is 24.8 Å². The van der Waals surface area contributed by atoms with E-state index < -0.39 is 6.04 Å². The molecule has 15 heteroatoms. The number of pyridine rings is 1. The summed E-state index contributed by atoms with van der Waals surface area (Å²) in [6.07, 6.45) is 2.95. The first-order chi connectivity index (χ1) is 26.7. The summed E-state index contributed by atoms with van der Waals surface area (Å²) in [5.74, 6) is 2.28. The minimum atomic E-state index is -0.531. The summed E-state index contributed by atoms with van der Waals surface area (Å²) in [6.45, 7) is 9.69. The Bertz CT molecular complexity index is 2200. The van der Waals surface area contributed by atoms with E-state index in [1.54, 1.807) is 17.5 Å². The zero-order chi connectivity index (χ0) is 38.3. The van der Waals surface area contributed by atoms with Gasteiger partial charge in [0.25, 0.3) is 0 Å². The van der Waals surface area contributed by atoms with E-state index in [1.165, 1.54) is 4.88 Å². The summed E-state index contributed by atoms with van der Waals surface area (Å²) < 4.78 is 19.1. The molecule has 5 aromatic rings. The second-order valence-electron chi connectivity index (χ2n) is 13.5. The van der Waals surface area contributed by atoms with Crippen LogP contribution in [0.15, 0.2) is 65.8 Å². The number of fused-ring (bicyclic) bond motifs is 4. The van der Waals surface area contributed by atoms with Crippen molar-refractivity contribution in [3.8, 4) is 16.1 Å². The van der Waals surface area contributed by atoms with Gasteiger partial charge in [-0.25, -0.2) is 4.98 Å². The molecule has 0 radical (unpaired) electrons. The number of aryl methyl sites for hydroxylation is 2. The number of carbonyl (C=O) groups excluding carboxylic acids is 2. The van der Waals surface area contributed by atoms with E-state index in [0.29, 0.717) is 76.4 Å². The molecule has 56 heavy (non-hydrogen) atoms. The van der Waals surface area contributed by atoms with Crippen molar-refractivity contribution < 1.29 is 23.8 Å². The molecule has 0 fully saturated rings. The van der Waals surface area contributed by atoms with E-state index in [9.17, 15) is 9.59 Å². The lowest BCUT2D eigenvalue weighted by molar-refractivity contribution is -0.121. The standard InChI is InChI=1S/C41H44ClN7O5S.H2S/c1-25-26(2)55-41-38(25)39(28-6-8-33(42)9-7-28)46-35(40-48-47-27(3)49(40)41)24-37(51)45-13-15-53-17-19-54-18-16-52-14-12-44-36-23-31(10-11-43-36)29-4-5-30-21-34(50)22-32(30)20-29;/h4-11,20,23,35H,12-19,21-22,24H2,1-3H3,(H,43,44)(H,45,51);1H2/t35-;/m0./s1. The molecule has 2 aromatic carbocycles. The van der Waals surface area contributed by atoms with E-state index in [-0.39, 0.29) is 31.6 Å². The number of amides is 1. The molecule has 294 valence electrons. The quantitative estimate of drug-likeness (QED) is 0.103. The Labute approximate surface area is 342 Å². The predicted octanol–water partition coefficient (Wildman–Crippen LogP) is 6.31. The zero-order valence-corrected chi connectivity index (χ0v) is 34.3. The number of anilines is 1. The molecule has 7 rings (SSSR count). The molecule has 4 heterocycles. The van der Waals surface area contributed by atoms with Gasteiger partial charge in [-0.1, -0.05) is 41.9 Å².